The van der Waals surface area contributed by atoms with Crippen LogP contribution in [0, 0.1) is 5.82 Å². The van der Waals surface area contributed by atoms with Gasteiger partial charge in [-0.25, -0.2) is 14.4 Å². The van der Waals surface area contributed by atoms with Crippen LogP contribution < -0.4 is 5.32 Å². The minimum absolute atomic E-state index is 0.261. The third kappa shape index (κ3) is 3.07. The van der Waals surface area contributed by atoms with E-state index in [-0.39, 0.29) is 11.7 Å². The molecule has 0 fully saturated rings. The fourth-order valence-corrected chi connectivity index (χ4v) is 1.30. The summed E-state index contributed by atoms with van der Waals surface area (Å²) >= 11 is 0. The molecule has 0 unspecified atom stereocenters. The predicted molar refractivity (Wildman–Crippen MR) is 59.6 cm³/mol. The monoisotopic (exact) mass is 231 g/mol. The van der Waals surface area contributed by atoms with Crippen molar-refractivity contribution >= 4 is 5.91 Å². The molecule has 0 saturated heterocycles. The van der Waals surface area contributed by atoms with E-state index in [4.69, 9.17) is 0 Å². The first-order chi connectivity index (χ1) is 8.25. The van der Waals surface area contributed by atoms with Crippen LogP contribution >= 0.6 is 0 Å². The Morgan fingerprint density at radius 2 is 2.00 bits per heavy atom. The number of aromatic nitrogens is 2. The van der Waals surface area contributed by atoms with Crippen LogP contribution in [0.3, 0.4) is 0 Å². The van der Waals surface area contributed by atoms with E-state index in [1.54, 1.807) is 12.3 Å². The van der Waals surface area contributed by atoms with Crippen LogP contribution in [0.4, 0.5) is 4.39 Å². The molecule has 0 aliphatic rings. The Balaban J connectivity index is 1.96. The summed E-state index contributed by atoms with van der Waals surface area (Å²) in [6, 6.07) is 7.08. The maximum atomic E-state index is 12.7. The number of benzene rings is 1. The van der Waals surface area contributed by atoms with Crippen molar-refractivity contribution in [3.63, 3.8) is 0 Å². The third-order valence-electron chi connectivity index (χ3n) is 2.18. The summed E-state index contributed by atoms with van der Waals surface area (Å²) in [5.74, 6) is -0.624. The molecule has 0 bridgehead atoms. The number of hydrogen-bond acceptors (Lipinski definition) is 3. The average molecular weight is 231 g/mol. The summed E-state index contributed by atoms with van der Waals surface area (Å²) in [6.07, 6.45) is 3.02. The highest BCUT2D eigenvalue weighted by molar-refractivity contribution is 5.94. The summed E-state index contributed by atoms with van der Waals surface area (Å²) in [4.78, 5) is 19.4. The molecule has 1 aromatic heterocycles. The zero-order valence-electron chi connectivity index (χ0n) is 8.93. The molecule has 1 heterocycles. The van der Waals surface area contributed by atoms with Gasteiger partial charge in [0.2, 0.25) is 0 Å². The molecule has 86 valence electrons. The quantitative estimate of drug-likeness (QED) is 0.871. The zero-order chi connectivity index (χ0) is 12.1. The van der Waals surface area contributed by atoms with Crippen LogP contribution in [0.25, 0.3) is 0 Å². The minimum atomic E-state index is -0.364. The van der Waals surface area contributed by atoms with Gasteiger partial charge in [0.15, 0.2) is 0 Å². The van der Waals surface area contributed by atoms with E-state index in [9.17, 15) is 9.18 Å². The van der Waals surface area contributed by atoms with Crippen LogP contribution in [0.5, 0.6) is 0 Å². The molecule has 0 aliphatic heterocycles. The van der Waals surface area contributed by atoms with Crippen LogP contribution in [0.15, 0.2) is 42.9 Å². The van der Waals surface area contributed by atoms with Gasteiger partial charge in [0, 0.05) is 11.8 Å². The SMILES string of the molecule is O=C(NCc1ccncn1)c1ccc(F)cc1. The first kappa shape index (κ1) is 11.2. The van der Waals surface area contributed by atoms with Gasteiger partial charge in [-0.3, -0.25) is 4.79 Å². The van der Waals surface area contributed by atoms with Crippen molar-refractivity contribution in [1.29, 1.82) is 0 Å². The molecular weight excluding hydrogens is 221 g/mol. The number of carbonyl (C=O) groups is 1. The lowest BCUT2D eigenvalue weighted by atomic mass is 10.2. The molecule has 1 N–H and O–H groups in total. The summed E-state index contributed by atoms with van der Waals surface area (Å²) in [7, 11) is 0. The molecule has 0 spiro atoms. The highest BCUT2D eigenvalue weighted by Gasteiger charge is 2.05. The van der Waals surface area contributed by atoms with Crippen molar-refractivity contribution in [2.75, 3.05) is 0 Å². The molecule has 1 amide bonds. The largest absolute Gasteiger partial charge is 0.346 e. The first-order valence-electron chi connectivity index (χ1n) is 5.04. The Labute approximate surface area is 97.5 Å². The zero-order valence-corrected chi connectivity index (χ0v) is 8.93. The van der Waals surface area contributed by atoms with Crippen molar-refractivity contribution < 1.29 is 9.18 Å². The van der Waals surface area contributed by atoms with Crippen LogP contribution in [-0.2, 0) is 6.54 Å². The van der Waals surface area contributed by atoms with Gasteiger partial charge in [-0.2, -0.15) is 0 Å². The Morgan fingerprint density at radius 1 is 1.24 bits per heavy atom. The van der Waals surface area contributed by atoms with Gasteiger partial charge >= 0.3 is 0 Å². The number of halogens is 1. The van der Waals surface area contributed by atoms with Crippen molar-refractivity contribution in [3.8, 4) is 0 Å². The second-order valence-corrected chi connectivity index (χ2v) is 3.39. The highest BCUT2D eigenvalue weighted by atomic mass is 19.1. The van der Waals surface area contributed by atoms with Crippen molar-refractivity contribution in [3.05, 3.63) is 59.9 Å². The Kier molecular flexibility index (Phi) is 3.40. The minimum Gasteiger partial charge on any atom is -0.346 e. The lowest BCUT2D eigenvalue weighted by Gasteiger charge is -2.04. The van der Waals surface area contributed by atoms with Crippen molar-refractivity contribution in [2.45, 2.75) is 6.54 Å². The molecule has 0 radical (unpaired) electrons. The Morgan fingerprint density at radius 3 is 2.65 bits per heavy atom. The lowest BCUT2D eigenvalue weighted by molar-refractivity contribution is 0.0950. The number of nitrogens with one attached hydrogen (secondary N) is 1. The molecule has 5 heteroatoms. The van der Waals surface area contributed by atoms with E-state index in [2.05, 4.69) is 15.3 Å². The smallest absolute Gasteiger partial charge is 0.251 e. The summed E-state index contributed by atoms with van der Waals surface area (Å²) in [6.45, 7) is 0.318. The van der Waals surface area contributed by atoms with E-state index in [1.165, 1.54) is 30.6 Å². The van der Waals surface area contributed by atoms with Gasteiger partial charge in [0.25, 0.3) is 5.91 Å². The van der Waals surface area contributed by atoms with Gasteiger partial charge < -0.3 is 5.32 Å². The fourth-order valence-electron chi connectivity index (χ4n) is 1.30. The lowest BCUT2D eigenvalue weighted by Crippen LogP contribution is -2.23. The molecule has 0 aliphatic carbocycles. The molecule has 0 atom stereocenters. The fraction of sp³-hybridized carbons (Fsp3) is 0.0833. The molecular formula is C12H10FN3O. The number of carbonyl (C=O) groups excluding carboxylic acids is 1. The number of nitrogens with zero attached hydrogens (tertiary/aromatic N) is 2. The third-order valence-corrected chi connectivity index (χ3v) is 2.18. The maximum Gasteiger partial charge on any atom is 0.251 e. The van der Waals surface area contributed by atoms with Gasteiger partial charge in [0.05, 0.1) is 12.2 Å². The Bertz CT molecular complexity index is 499. The van der Waals surface area contributed by atoms with Crippen LogP contribution in [-0.4, -0.2) is 15.9 Å². The van der Waals surface area contributed by atoms with Crippen molar-refractivity contribution in [1.82, 2.24) is 15.3 Å². The maximum absolute atomic E-state index is 12.7. The molecule has 2 aromatic rings. The standard InChI is InChI=1S/C12H10FN3O/c13-10-3-1-9(2-4-10)12(17)15-7-11-5-6-14-8-16-11/h1-6,8H,7H2,(H,15,17). The van der Waals surface area contributed by atoms with E-state index >= 15 is 0 Å². The van der Waals surface area contributed by atoms with Gasteiger partial charge in [-0.1, -0.05) is 0 Å². The number of rotatable bonds is 3. The second-order valence-electron chi connectivity index (χ2n) is 3.39. The molecule has 17 heavy (non-hydrogen) atoms. The summed E-state index contributed by atoms with van der Waals surface area (Å²) < 4.78 is 12.7. The number of amides is 1. The Hall–Kier alpha value is -2.30. The van der Waals surface area contributed by atoms with Gasteiger partial charge in [0.1, 0.15) is 12.1 Å². The molecule has 1 aromatic carbocycles. The topological polar surface area (TPSA) is 54.9 Å². The van der Waals surface area contributed by atoms with E-state index in [0.29, 0.717) is 12.1 Å². The normalized spacial score (nSPS) is 9.94. The molecule has 4 nitrogen and oxygen atoms in total. The molecule has 2 rings (SSSR count). The second kappa shape index (κ2) is 5.16. The van der Waals surface area contributed by atoms with Crippen LogP contribution in [0.1, 0.15) is 16.1 Å². The highest BCUT2D eigenvalue weighted by Crippen LogP contribution is 2.02. The van der Waals surface area contributed by atoms with Crippen LogP contribution in [0.2, 0.25) is 0 Å². The van der Waals surface area contributed by atoms with E-state index in [0.717, 1.165) is 5.69 Å². The van der Waals surface area contributed by atoms with Gasteiger partial charge in [-0.05, 0) is 30.3 Å². The molecule has 0 saturated carbocycles. The summed E-state index contributed by atoms with van der Waals surface area (Å²) in [5, 5.41) is 2.68. The van der Waals surface area contributed by atoms with Gasteiger partial charge in [-0.15, -0.1) is 0 Å². The average Bonchev–Trinajstić information content (AvgIpc) is 2.38. The number of hydrogen-bond donors (Lipinski definition) is 1. The summed E-state index contributed by atoms with van der Waals surface area (Å²) in [5.41, 5.74) is 1.14. The van der Waals surface area contributed by atoms with E-state index < -0.39 is 0 Å². The first-order valence-corrected chi connectivity index (χ1v) is 5.04. The predicted octanol–water partition coefficient (Wildman–Crippen LogP) is 1.55. The van der Waals surface area contributed by atoms with E-state index in [1.807, 2.05) is 0 Å². The van der Waals surface area contributed by atoms with Crippen molar-refractivity contribution in [2.24, 2.45) is 0 Å².